The second-order valence-corrected chi connectivity index (χ2v) is 7.02. The van der Waals surface area contributed by atoms with Gasteiger partial charge in [-0.2, -0.15) is 4.98 Å². The van der Waals surface area contributed by atoms with Gasteiger partial charge in [-0.15, -0.1) is 16.4 Å². The first kappa shape index (κ1) is 13.9. The van der Waals surface area contributed by atoms with Crippen LogP contribution in [0.4, 0.5) is 0 Å². The second kappa shape index (κ2) is 6.17. The standard InChI is InChI=1S/C13H14N6OS2/c1-2-5-9(4-1)19-13(15-17-18-19)22-8-11-14-12(20-16-11)10-6-3-7-21-10/h3,6-7,9H,1-2,4-5,8H2. The van der Waals surface area contributed by atoms with Crippen LogP contribution in [0.15, 0.2) is 27.2 Å². The number of rotatable bonds is 5. The van der Waals surface area contributed by atoms with Gasteiger partial charge >= 0.3 is 0 Å². The van der Waals surface area contributed by atoms with E-state index < -0.39 is 0 Å². The molecular formula is C13H14N6OS2. The van der Waals surface area contributed by atoms with E-state index in [1.165, 1.54) is 12.8 Å². The number of thiophene rings is 1. The van der Waals surface area contributed by atoms with Gasteiger partial charge in [-0.25, -0.2) is 4.68 Å². The third-order valence-electron chi connectivity index (χ3n) is 3.66. The first-order valence-corrected chi connectivity index (χ1v) is 9.04. The fourth-order valence-corrected chi connectivity index (χ4v) is 4.03. The van der Waals surface area contributed by atoms with Gasteiger partial charge in [0.25, 0.3) is 5.89 Å². The van der Waals surface area contributed by atoms with Crippen molar-refractivity contribution in [3.63, 3.8) is 0 Å². The highest BCUT2D eigenvalue weighted by molar-refractivity contribution is 7.98. The number of aromatic nitrogens is 6. The van der Waals surface area contributed by atoms with Crippen LogP contribution >= 0.6 is 23.1 Å². The molecule has 0 amide bonds. The average Bonchev–Trinajstić information content (AvgIpc) is 3.33. The first-order valence-electron chi connectivity index (χ1n) is 7.17. The molecule has 0 unspecified atom stereocenters. The lowest BCUT2D eigenvalue weighted by Crippen LogP contribution is -2.08. The van der Waals surface area contributed by atoms with Crippen molar-refractivity contribution < 1.29 is 4.52 Å². The molecule has 0 bridgehead atoms. The van der Waals surface area contributed by atoms with Gasteiger partial charge in [0.2, 0.25) is 5.16 Å². The van der Waals surface area contributed by atoms with Crippen molar-refractivity contribution in [2.24, 2.45) is 0 Å². The summed E-state index contributed by atoms with van der Waals surface area (Å²) in [6.07, 6.45) is 4.82. The van der Waals surface area contributed by atoms with Crippen molar-refractivity contribution in [2.45, 2.75) is 42.6 Å². The van der Waals surface area contributed by atoms with Crippen LogP contribution in [-0.4, -0.2) is 30.3 Å². The number of nitrogens with zero attached hydrogens (tertiary/aromatic N) is 6. The Labute approximate surface area is 135 Å². The van der Waals surface area contributed by atoms with Gasteiger partial charge in [-0.05, 0) is 34.7 Å². The van der Waals surface area contributed by atoms with E-state index in [2.05, 4.69) is 25.7 Å². The van der Waals surface area contributed by atoms with E-state index in [0.29, 0.717) is 23.5 Å². The van der Waals surface area contributed by atoms with E-state index in [4.69, 9.17) is 4.52 Å². The molecule has 0 radical (unpaired) electrons. The maximum Gasteiger partial charge on any atom is 0.268 e. The summed E-state index contributed by atoms with van der Waals surface area (Å²) >= 11 is 3.13. The lowest BCUT2D eigenvalue weighted by Gasteiger charge is -2.09. The monoisotopic (exact) mass is 334 g/mol. The van der Waals surface area contributed by atoms with Gasteiger partial charge in [0.1, 0.15) is 0 Å². The number of hydrogen-bond donors (Lipinski definition) is 0. The third-order valence-corrected chi connectivity index (χ3v) is 5.45. The van der Waals surface area contributed by atoms with E-state index in [1.807, 2.05) is 22.2 Å². The highest BCUT2D eigenvalue weighted by Crippen LogP contribution is 2.32. The van der Waals surface area contributed by atoms with Gasteiger partial charge in [-0.1, -0.05) is 35.8 Å². The van der Waals surface area contributed by atoms with Crippen molar-refractivity contribution in [1.82, 2.24) is 30.3 Å². The van der Waals surface area contributed by atoms with E-state index in [1.54, 1.807) is 23.1 Å². The molecule has 0 spiro atoms. The van der Waals surface area contributed by atoms with Crippen LogP contribution in [0.3, 0.4) is 0 Å². The summed E-state index contributed by atoms with van der Waals surface area (Å²) in [5.41, 5.74) is 0. The smallest absolute Gasteiger partial charge is 0.268 e. The summed E-state index contributed by atoms with van der Waals surface area (Å²) in [5.74, 6) is 1.83. The quantitative estimate of drug-likeness (QED) is 0.663. The predicted octanol–water partition coefficient (Wildman–Crippen LogP) is 3.19. The Morgan fingerprint density at radius 3 is 3.09 bits per heavy atom. The summed E-state index contributed by atoms with van der Waals surface area (Å²) in [6, 6.07) is 4.37. The second-order valence-electron chi connectivity index (χ2n) is 5.13. The third kappa shape index (κ3) is 2.78. The molecule has 22 heavy (non-hydrogen) atoms. The Kier molecular flexibility index (Phi) is 3.90. The molecule has 0 N–H and O–H groups in total. The molecule has 1 aliphatic rings. The lowest BCUT2D eigenvalue weighted by atomic mass is 10.3. The Morgan fingerprint density at radius 1 is 1.36 bits per heavy atom. The average molecular weight is 334 g/mol. The fraction of sp³-hybridized carbons (Fsp3) is 0.462. The molecule has 3 heterocycles. The highest BCUT2D eigenvalue weighted by atomic mass is 32.2. The summed E-state index contributed by atoms with van der Waals surface area (Å²) in [7, 11) is 0. The molecule has 114 valence electrons. The maximum absolute atomic E-state index is 5.29. The zero-order chi connectivity index (χ0) is 14.8. The summed E-state index contributed by atoms with van der Waals surface area (Å²) < 4.78 is 7.23. The number of thioether (sulfide) groups is 1. The molecular weight excluding hydrogens is 320 g/mol. The molecule has 0 aromatic carbocycles. The number of tetrazole rings is 1. The van der Waals surface area contributed by atoms with Gasteiger partial charge in [0.15, 0.2) is 5.82 Å². The van der Waals surface area contributed by atoms with Crippen molar-refractivity contribution in [1.29, 1.82) is 0 Å². The van der Waals surface area contributed by atoms with Gasteiger partial charge < -0.3 is 4.52 Å². The molecule has 4 rings (SSSR count). The molecule has 3 aromatic rings. The van der Waals surface area contributed by atoms with Crippen molar-refractivity contribution >= 4 is 23.1 Å². The zero-order valence-corrected chi connectivity index (χ0v) is 13.4. The van der Waals surface area contributed by atoms with Crippen LogP contribution in [0.1, 0.15) is 37.5 Å². The van der Waals surface area contributed by atoms with E-state index in [9.17, 15) is 0 Å². The molecule has 0 saturated heterocycles. The SMILES string of the molecule is c1csc(-c2nc(CSc3nnnn3C3CCCC3)no2)c1. The van der Waals surface area contributed by atoms with Gasteiger partial charge in [-0.3, -0.25) is 0 Å². The molecule has 7 nitrogen and oxygen atoms in total. The zero-order valence-electron chi connectivity index (χ0n) is 11.8. The van der Waals surface area contributed by atoms with Crippen LogP contribution in [0.5, 0.6) is 0 Å². The molecule has 3 aromatic heterocycles. The van der Waals surface area contributed by atoms with Crippen molar-refractivity contribution in [3.05, 3.63) is 23.3 Å². The van der Waals surface area contributed by atoms with Crippen molar-refractivity contribution in [3.8, 4) is 10.8 Å². The summed E-state index contributed by atoms with van der Waals surface area (Å²) in [6.45, 7) is 0. The summed E-state index contributed by atoms with van der Waals surface area (Å²) in [5, 5.41) is 18.9. The first-order chi connectivity index (χ1) is 10.9. The fourth-order valence-electron chi connectivity index (χ4n) is 2.60. The Hall–Kier alpha value is -1.74. The topological polar surface area (TPSA) is 82.5 Å². The van der Waals surface area contributed by atoms with E-state index in [0.717, 1.165) is 22.9 Å². The van der Waals surface area contributed by atoms with E-state index >= 15 is 0 Å². The van der Waals surface area contributed by atoms with E-state index in [-0.39, 0.29) is 0 Å². The minimum atomic E-state index is 0.435. The van der Waals surface area contributed by atoms with Crippen LogP contribution in [-0.2, 0) is 5.75 Å². The largest absolute Gasteiger partial charge is 0.333 e. The van der Waals surface area contributed by atoms with Gasteiger partial charge in [0.05, 0.1) is 16.7 Å². The molecule has 1 fully saturated rings. The molecule has 1 aliphatic carbocycles. The predicted molar refractivity (Wildman–Crippen MR) is 82.5 cm³/mol. The maximum atomic E-state index is 5.29. The molecule has 1 saturated carbocycles. The Balaban J connectivity index is 1.44. The minimum absolute atomic E-state index is 0.435. The van der Waals surface area contributed by atoms with Crippen molar-refractivity contribution in [2.75, 3.05) is 0 Å². The molecule has 9 heteroatoms. The molecule has 0 atom stereocenters. The van der Waals surface area contributed by atoms with Crippen LogP contribution < -0.4 is 0 Å². The highest BCUT2D eigenvalue weighted by Gasteiger charge is 2.22. The lowest BCUT2D eigenvalue weighted by molar-refractivity contribution is 0.422. The van der Waals surface area contributed by atoms with Crippen LogP contribution in [0.25, 0.3) is 10.8 Å². The van der Waals surface area contributed by atoms with Crippen LogP contribution in [0, 0.1) is 0 Å². The minimum Gasteiger partial charge on any atom is -0.333 e. The van der Waals surface area contributed by atoms with Gasteiger partial charge in [0, 0.05) is 0 Å². The Morgan fingerprint density at radius 2 is 2.27 bits per heavy atom. The molecule has 0 aliphatic heterocycles. The van der Waals surface area contributed by atoms with Crippen LogP contribution in [0.2, 0.25) is 0 Å². The summed E-state index contributed by atoms with van der Waals surface area (Å²) in [4.78, 5) is 5.40. The normalized spacial score (nSPS) is 15.6. The number of hydrogen-bond acceptors (Lipinski definition) is 8. The Bertz CT molecular complexity index is 731.